The lowest BCUT2D eigenvalue weighted by Crippen LogP contribution is -2.24. The Labute approximate surface area is 105 Å². The average molecular weight is 254 g/mol. The molecule has 0 unspecified atom stereocenters. The number of anilines is 1. The minimum Gasteiger partial charge on any atom is -0.391 e. The molecule has 2 heterocycles. The summed E-state index contributed by atoms with van der Waals surface area (Å²) in [6.07, 6.45) is 1.65. The van der Waals surface area contributed by atoms with Crippen molar-refractivity contribution in [3.05, 3.63) is 15.8 Å². The van der Waals surface area contributed by atoms with Gasteiger partial charge < -0.3 is 10.0 Å². The van der Waals surface area contributed by atoms with Gasteiger partial charge in [0.1, 0.15) is 5.69 Å². The molecule has 7 nitrogen and oxygen atoms in total. The highest BCUT2D eigenvalue weighted by Crippen LogP contribution is 2.33. The van der Waals surface area contributed by atoms with E-state index in [2.05, 4.69) is 5.10 Å². The van der Waals surface area contributed by atoms with E-state index in [1.807, 2.05) is 11.8 Å². The lowest BCUT2D eigenvalue weighted by Gasteiger charge is -2.16. The molecule has 0 aromatic carbocycles. The first-order chi connectivity index (χ1) is 8.54. The molecule has 1 fully saturated rings. The maximum atomic E-state index is 11.2. The van der Waals surface area contributed by atoms with Crippen molar-refractivity contribution in [1.82, 2.24) is 9.78 Å². The molecule has 0 bridgehead atoms. The summed E-state index contributed by atoms with van der Waals surface area (Å²) >= 11 is 0. The van der Waals surface area contributed by atoms with Gasteiger partial charge in [-0.3, -0.25) is 10.1 Å². The Hall–Kier alpha value is -1.63. The molecule has 1 atom stereocenters. The first kappa shape index (κ1) is 12.8. The van der Waals surface area contributed by atoms with E-state index in [1.54, 1.807) is 11.7 Å². The summed E-state index contributed by atoms with van der Waals surface area (Å²) < 4.78 is 1.56. The first-order valence-corrected chi connectivity index (χ1v) is 6.17. The molecule has 0 radical (unpaired) electrons. The van der Waals surface area contributed by atoms with E-state index in [9.17, 15) is 15.2 Å². The van der Waals surface area contributed by atoms with Gasteiger partial charge in [0.25, 0.3) is 0 Å². The Balaban J connectivity index is 2.42. The van der Waals surface area contributed by atoms with Gasteiger partial charge in [-0.2, -0.15) is 5.10 Å². The first-order valence-electron chi connectivity index (χ1n) is 6.17. The van der Waals surface area contributed by atoms with Crippen LogP contribution in [0.2, 0.25) is 0 Å². The highest BCUT2D eigenvalue weighted by molar-refractivity contribution is 5.62. The number of hydrogen-bond donors (Lipinski definition) is 1. The fraction of sp³-hybridized carbons (Fsp3) is 0.727. The molecule has 1 aromatic rings. The van der Waals surface area contributed by atoms with Crippen LogP contribution in [-0.4, -0.2) is 39.0 Å². The van der Waals surface area contributed by atoms with Crippen molar-refractivity contribution < 1.29 is 10.0 Å². The van der Waals surface area contributed by atoms with Crippen LogP contribution in [-0.2, 0) is 13.5 Å². The predicted octanol–water partition coefficient (Wildman–Crippen LogP) is 0.852. The predicted molar refractivity (Wildman–Crippen MR) is 66.7 cm³/mol. The topological polar surface area (TPSA) is 84.4 Å². The molecule has 0 spiro atoms. The van der Waals surface area contributed by atoms with Gasteiger partial charge in [0.15, 0.2) is 0 Å². The lowest BCUT2D eigenvalue weighted by atomic mass is 10.2. The van der Waals surface area contributed by atoms with Crippen LogP contribution in [0.3, 0.4) is 0 Å². The van der Waals surface area contributed by atoms with E-state index in [4.69, 9.17) is 0 Å². The van der Waals surface area contributed by atoms with Crippen LogP contribution in [0.1, 0.15) is 25.5 Å². The van der Waals surface area contributed by atoms with Crippen LogP contribution in [0, 0.1) is 10.1 Å². The summed E-state index contributed by atoms with van der Waals surface area (Å²) in [6, 6.07) is 0. The third-order valence-corrected chi connectivity index (χ3v) is 3.19. The van der Waals surface area contributed by atoms with Gasteiger partial charge in [0.05, 0.1) is 11.0 Å². The van der Waals surface area contributed by atoms with Crippen molar-refractivity contribution in [1.29, 1.82) is 0 Å². The Morgan fingerprint density at radius 1 is 1.61 bits per heavy atom. The molecular weight excluding hydrogens is 236 g/mol. The Morgan fingerprint density at radius 3 is 2.83 bits per heavy atom. The number of rotatable bonds is 4. The lowest BCUT2D eigenvalue weighted by molar-refractivity contribution is -0.384. The molecule has 1 N–H and O–H groups in total. The zero-order valence-corrected chi connectivity index (χ0v) is 10.7. The van der Waals surface area contributed by atoms with E-state index in [1.165, 1.54) is 0 Å². The number of β-amino-alcohol motifs (C(OH)–C–C–N with tert-alkyl or cyclic N) is 1. The summed E-state index contributed by atoms with van der Waals surface area (Å²) in [5.41, 5.74) is 0.620. The van der Waals surface area contributed by atoms with Gasteiger partial charge in [-0.15, -0.1) is 0 Å². The third-order valence-electron chi connectivity index (χ3n) is 3.19. The molecule has 1 saturated heterocycles. The number of nitrogens with zero attached hydrogens (tertiary/aromatic N) is 4. The number of aliphatic hydroxyl groups is 1. The molecule has 7 heteroatoms. The quantitative estimate of drug-likeness (QED) is 0.636. The van der Waals surface area contributed by atoms with Gasteiger partial charge in [0, 0.05) is 20.1 Å². The number of nitro groups is 1. The van der Waals surface area contributed by atoms with Crippen molar-refractivity contribution in [3.8, 4) is 0 Å². The second-order valence-electron chi connectivity index (χ2n) is 4.64. The minimum absolute atomic E-state index is 0.0912. The van der Waals surface area contributed by atoms with E-state index >= 15 is 0 Å². The monoisotopic (exact) mass is 254 g/mol. The number of aromatic nitrogens is 2. The second kappa shape index (κ2) is 4.93. The minimum atomic E-state index is -0.408. The number of aryl methyl sites for hydroxylation is 2. The van der Waals surface area contributed by atoms with Crippen molar-refractivity contribution in [3.63, 3.8) is 0 Å². The van der Waals surface area contributed by atoms with Crippen molar-refractivity contribution in [2.45, 2.75) is 32.3 Å². The highest BCUT2D eigenvalue weighted by Gasteiger charge is 2.33. The molecule has 2 rings (SSSR count). The second-order valence-corrected chi connectivity index (χ2v) is 4.64. The average Bonchev–Trinajstić information content (AvgIpc) is 2.83. The molecule has 1 aliphatic rings. The fourth-order valence-corrected chi connectivity index (χ4v) is 2.44. The van der Waals surface area contributed by atoms with Crippen molar-refractivity contribution in [2.75, 3.05) is 18.0 Å². The summed E-state index contributed by atoms with van der Waals surface area (Å²) in [6.45, 7) is 3.04. The Morgan fingerprint density at radius 2 is 2.33 bits per heavy atom. The molecule has 100 valence electrons. The smallest absolute Gasteiger partial charge is 0.334 e. The van der Waals surface area contributed by atoms with Crippen molar-refractivity contribution >= 4 is 11.5 Å². The van der Waals surface area contributed by atoms with Crippen molar-refractivity contribution in [2.24, 2.45) is 7.05 Å². The SMILES string of the molecule is CCCc1nn(C)c(N2CC[C@H](O)C2)c1[N+](=O)[O-]. The van der Waals surface area contributed by atoms with E-state index in [0.29, 0.717) is 37.4 Å². The zero-order valence-electron chi connectivity index (χ0n) is 10.7. The summed E-state index contributed by atoms with van der Waals surface area (Å²) in [5, 5.41) is 25.0. The van der Waals surface area contributed by atoms with Crippen LogP contribution in [0.4, 0.5) is 11.5 Å². The van der Waals surface area contributed by atoms with E-state index in [0.717, 1.165) is 6.42 Å². The van der Waals surface area contributed by atoms with Gasteiger partial charge in [-0.1, -0.05) is 13.3 Å². The highest BCUT2D eigenvalue weighted by atomic mass is 16.6. The summed E-state index contributed by atoms with van der Waals surface area (Å²) in [4.78, 5) is 12.7. The van der Waals surface area contributed by atoms with Gasteiger partial charge in [-0.05, 0) is 12.8 Å². The van der Waals surface area contributed by atoms with Crippen LogP contribution < -0.4 is 4.90 Å². The summed E-state index contributed by atoms with van der Waals surface area (Å²) in [5.74, 6) is 0.514. The largest absolute Gasteiger partial charge is 0.391 e. The number of hydrogen-bond acceptors (Lipinski definition) is 5. The zero-order chi connectivity index (χ0) is 13.3. The van der Waals surface area contributed by atoms with Crippen LogP contribution >= 0.6 is 0 Å². The van der Waals surface area contributed by atoms with Crippen LogP contribution in [0.15, 0.2) is 0 Å². The maximum absolute atomic E-state index is 11.2. The third kappa shape index (κ3) is 2.17. The molecule has 18 heavy (non-hydrogen) atoms. The molecule has 0 amide bonds. The van der Waals surface area contributed by atoms with E-state index < -0.39 is 6.10 Å². The molecule has 0 aliphatic carbocycles. The normalized spacial score (nSPS) is 19.5. The van der Waals surface area contributed by atoms with Gasteiger partial charge in [-0.25, -0.2) is 4.68 Å². The molecular formula is C11H18N4O3. The van der Waals surface area contributed by atoms with E-state index in [-0.39, 0.29) is 10.6 Å². The van der Waals surface area contributed by atoms with Gasteiger partial charge >= 0.3 is 5.69 Å². The molecule has 1 aliphatic heterocycles. The van der Waals surface area contributed by atoms with Crippen LogP contribution in [0.25, 0.3) is 0 Å². The molecule has 0 saturated carbocycles. The Bertz CT molecular complexity index is 457. The maximum Gasteiger partial charge on any atom is 0.334 e. The summed E-state index contributed by atoms with van der Waals surface area (Å²) in [7, 11) is 1.71. The van der Waals surface area contributed by atoms with Crippen LogP contribution in [0.5, 0.6) is 0 Å². The Kier molecular flexibility index (Phi) is 3.51. The molecule has 1 aromatic heterocycles. The number of aliphatic hydroxyl groups excluding tert-OH is 1. The standard InChI is InChI=1S/C11H18N4O3/c1-3-4-9-10(15(17)18)11(13(2)12-9)14-6-5-8(16)7-14/h8,16H,3-7H2,1-2H3/t8-/m0/s1. The van der Waals surface area contributed by atoms with Gasteiger partial charge in [0.2, 0.25) is 5.82 Å². The fourth-order valence-electron chi connectivity index (χ4n) is 2.44.